The van der Waals surface area contributed by atoms with Crippen LogP contribution in [0.15, 0.2) is 24.3 Å². The van der Waals surface area contributed by atoms with Crippen molar-refractivity contribution in [1.29, 1.82) is 0 Å². The molecular formula is C21H27N3O3. The van der Waals surface area contributed by atoms with Gasteiger partial charge in [0.25, 0.3) is 5.91 Å². The zero-order chi connectivity index (χ0) is 19.0. The Bertz CT molecular complexity index is 730. The lowest BCUT2D eigenvalue weighted by molar-refractivity contribution is -0.125. The number of likely N-dealkylation sites (tertiary alicyclic amines) is 1. The van der Waals surface area contributed by atoms with Crippen LogP contribution in [0.3, 0.4) is 0 Å². The van der Waals surface area contributed by atoms with E-state index in [1.54, 1.807) is 0 Å². The van der Waals surface area contributed by atoms with Crippen molar-refractivity contribution in [1.82, 2.24) is 15.1 Å². The second-order valence-electron chi connectivity index (χ2n) is 8.12. The first-order valence-electron chi connectivity index (χ1n) is 10.0. The molecule has 27 heavy (non-hydrogen) atoms. The Morgan fingerprint density at radius 2 is 1.85 bits per heavy atom. The van der Waals surface area contributed by atoms with Crippen LogP contribution in [0.5, 0.6) is 0 Å². The van der Waals surface area contributed by atoms with Gasteiger partial charge in [-0.2, -0.15) is 0 Å². The van der Waals surface area contributed by atoms with Crippen LogP contribution in [0.25, 0.3) is 0 Å². The van der Waals surface area contributed by atoms with Gasteiger partial charge in [-0.15, -0.1) is 0 Å². The maximum Gasteiger partial charge on any atom is 0.324 e. The van der Waals surface area contributed by atoms with E-state index in [-0.39, 0.29) is 30.9 Å². The van der Waals surface area contributed by atoms with Gasteiger partial charge in [-0.05, 0) is 48.8 Å². The van der Waals surface area contributed by atoms with Crippen molar-refractivity contribution in [2.75, 3.05) is 13.1 Å². The largest absolute Gasteiger partial charge is 0.335 e. The zero-order valence-corrected chi connectivity index (χ0v) is 15.8. The van der Waals surface area contributed by atoms with Gasteiger partial charge < -0.3 is 10.2 Å². The summed E-state index contributed by atoms with van der Waals surface area (Å²) in [5.74, 6) is 1.23. The fourth-order valence-corrected chi connectivity index (χ4v) is 4.88. The van der Waals surface area contributed by atoms with Gasteiger partial charge in [0.05, 0.1) is 13.1 Å². The molecule has 4 rings (SSSR count). The fourth-order valence-electron chi connectivity index (χ4n) is 4.88. The predicted molar refractivity (Wildman–Crippen MR) is 101 cm³/mol. The van der Waals surface area contributed by atoms with E-state index in [0.717, 1.165) is 24.9 Å². The molecule has 0 radical (unpaired) electrons. The lowest BCUT2D eigenvalue weighted by Crippen LogP contribution is -2.52. The van der Waals surface area contributed by atoms with Crippen LogP contribution in [0, 0.1) is 11.8 Å². The molecule has 0 aromatic heterocycles. The van der Waals surface area contributed by atoms with Crippen LogP contribution in [0.1, 0.15) is 54.9 Å². The van der Waals surface area contributed by atoms with Crippen molar-refractivity contribution in [2.45, 2.75) is 51.6 Å². The summed E-state index contributed by atoms with van der Waals surface area (Å²) in [4.78, 5) is 39.8. The number of fused-ring (bicyclic) bond motifs is 1. The van der Waals surface area contributed by atoms with Crippen molar-refractivity contribution >= 4 is 17.8 Å². The molecule has 0 unspecified atom stereocenters. The van der Waals surface area contributed by atoms with E-state index < -0.39 is 0 Å². The summed E-state index contributed by atoms with van der Waals surface area (Å²) < 4.78 is 0. The second kappa shape index (κ2) is 7.33. The number of hydrogen-bond acceptors (Lipinski definition) is 3. The maximum atomic E-state index is 13.1. The van der Waals surface area contributed by atoms with Crippen LogP contribution in [0.2, 0.25) is 0 Å². The van der Waals surface area contributed by atoms with E-state index in [9.17, 15) is 14.4 Å². The molecule has 2 aliphatic heterocycles. The third-order valence-corrected chi connectivity index (χ3v) is 6.48. The molecule has 2 saturated heterocycles. The quantitative estimate of drug-likeness (QED) is 0.833. The number of rotatable bonds is 3. The minimum absolute atomic E-state index is 0.0609. The molecule has 1 aromatic rings. The summed E-state index contributed by atoms with van der Waals surface area (Å²) in [7, 11) is 0. The molecule has 3 aliphatic rings. The number of carbonyl (C=O) groups excluding carboxylic acids is 3. The topological polar surface area (TPSA) is 69.7 Å². The van der Waals surface area contributed by atoms with E-state index in [2.05, 4.69) is 17.1 Å². The highest BCUT2D eigenvalue weighted by atomic mass is 16.2. The van der Waals surface area contributed by atoms with Crippen LogP contribution >= 0.6 is 0 Å². The summed E-state index contributed by atoms with van der Waals surface area (Å²) in [5.41, 5.74) is 1.54. The maximum absolute atomic E-state index is 13.1. The molecule has 4 amide bonds. The van der Waals surface area contributed by atoms with E-state index in [1.165, 1.54) is 24.2 Å². The lowest BCUT2D eigenvalue weighted by atomic mass is 9.72. The van der Waals surface area contributed by atoms with Gasteiger partial charge in [-0.3, -0.25) is 14.5 Å². The Morgan fingerprint density at radius 1 is 1.11 bits per heavy atom. The molecule has 3 fully saturated rings. The summed E-state index contributed by atoms with van der Waals surface area (Å²) in [6.07, 6.45) is 5.93. The SMILES string of the molecule is C[C@@H]1CCN(C(=O)c2ccc(CN3C(=O)CNC3=O)cc2)[C@H]2CCCC[C@@H]12. The van der Waals surface area contributed by atoms with Crippen LogP contribution < -0.4 is 5.32 Å². The number of benzene rings is 1. The van der Waals surface area contributed by atoms with E-state index in [1.807, 2.05) is 24.3 Å². The Balaban J connectivity index is 1.46. The summed E-state index contributed by atoms with van der Waals surface area (Å²) >= 11 is 0. The predicted octanol–water partition coefficient (Wildman–Crippen LogP) is 2.78. The van der Waals surface area contributed by atoms with Crippen molar-refractivity contribution in [3.05, 3.63) is 35.4 Å². The van der Waals surface area contributed by atoms with Crippen LogP contribution in [0.4, 0.5) is 4.79 Å². The highest BCUT2D eigenvalue weighted by Crippen LogP contribution is 2.39. The number of imide groups is 1. The molecule has 0 spiro atoms. The molecule has 1 saturated carbocycles. The number of hydrogen-bond donors (Lipinski definition) is 1. The number of piperidine rings is 1. The fraction of sp³-hybridized carbons (Fsp3) is 0.571. The summed E-state index contributed by atoms with van der Waals surface area (Å²) in [6.45, 7) is 3.47. The lowest BCUT2D eigenvalue weighted by Gasteiger charge is -2.47. The molecule has 6 heteroatoms. The summed E-state index contributed by atoms with van der Waals surface area (Å²) in [6, 6.07) is 7.36. The third kappa shape index (κ3) is 3.45. The Labute approximate surface area is 159 Å². The van der Waals surface area contributed by atoms with Gasteiger partial charge >= 0.3 is 6.03 Å². The minimum atomic E-state index is -0.356. The Morgan fingerprint density at radius 3 is 2.56 bits per heavy atom. The Hall–Kier alpha value is -2.37. The van der Waals surface area contributed by atoms with Crippen LogP contribution in [-0.2, 0) is 11.3 Å². The third-order valence-electron chi connectivity index (χ3n) is 6.48. The minimum Gasteiger partial charge on any atom is -0.335 e. The normalized spacial score (nSPS) is 28.1. The standard InChI is InChI=1S/C21H27N3O3/c1-14-10-11-23(18-5-3-2-4-17(14)18)20(26)16-8-6-15(7-9-16)13-24-19(25)12-22-21(24)27/h6-9,14,17-18H,2-5,10-13H2,1H3,(H,22,27)/t14-,17+,18+/m1/s1. The molecule has 1 aromatic carbocycles. The zero-order valence-electron chi connectivity index (χ0n) is 15.8. The highest BCUT2D eigenvalue weighted by Gasteiger charge is 2.39. The second-order valence-corrected chi connectivity index (χ2v) is 8.12. The molecule has 144 valence electrons. The van der Waals surface area contributed by atoms with Gasteiger partial charge in [0.1, 0.15) is 0 Å². The Kier molecular flexibility index (Phi) is 4.89. The highest BCUT2D eigenvalue weighted by molar-refractivity contribution is 6.01. The number of amides is 4. The number of carbonyl (C=O) groups is 3. The van der Waals surface area contributed by atoms with Crippen molar-refractivity contribution in [3.8, 4) is 0 Å². The van der Waals surface area contributed by atoms with Crippen molar-refractivity contribution in [3.63, 3.8) is 0 Å². The molecule has 6 nitrogen and oxygen atoms in total. The van der Waals surface area contributed by atoms with Gasteiger partial charge in [-0.25, -0.2) is 4.79 Å². The molecule has 2 heterocycles. The monoisotopic (exact) mass is 369 g/mol. The van der Waals surface area contributed by atoms with E-state index in [4.69, 9.17) is 0 Å². The van der Waals surface area contributed by atoms with Gasteiger partial charge in [0.2, 0.25) is 5.91 Å². The van der Waals surface area contributed by atoms with Crippen molar-refractivity contribution in [2.24, 2.45) is 11.8 Å². The van der Waals surface area contributed by atoms with E-state index >= 15 is 0 Å². The first kappa shape index (κ1) is 18.0. The smallest absolute Gasteiger partial charge is 0.324 e. The average molecular weight is 369 g/mol. The molecule has 3 atom stereocenters. The van der Waals surface area contributed by atoms with Gasteiger partial charge in [0.15, 0.2) is 0 Å². The van der Waals surface area contributed by atoms with Crippen LogP contribution in [-0.4, -0.2) is 46.8 Å². The average Bonchev–Trinajstić information content (AvgIpc) is 3.01. The summed E-state index contributed by atoms with van der Waals surface area (Å²) in [5, 5.41) is 2.52. The number of nitrogens with zero attached hydrogens (tertiary/aromatic N) is 2. The van der Waals surface area contributed by atoms with Crippen molar-refractivity contribution < 1.29 is 14.4 Å². The molecular weight excluding hydrogens is 342 g/mol. The molecule has 1 aliphatic carbocycles. The first-order chi connectivity index (χ1) is 13.0. The van der Waals surface area contributed by atoms with Gasteiger partial charge in [0, 0.05) is 18.2 Å². The number of urea groups is 1. The molecule has 0 bridgehead atoms. The number of nitrogens with one attached hydrogen (secondary N) is 1. The molecule has 1 N–H and O–H groups in total. The van der Waals surface area contributed by atoms with Gasteiger partial charge in [-0.1, -0.05) is 31.9 Å². The first-order valence-corrected chi connectivity index (χ1v) is 10.0. The van der Waals surface area contributed by atoms with E-state index in [0.29, 0.717) is 23.4 Å².